The third kappa shape index (κ3) is 4.78. The van der Waals surface area contributed by atoms with Crippen molar-refractivity contribution in [3.8, 4) is 5.75 Å². The first kappa shape index (κ1) is 20.2. The van der Waals surface area contributed by atoms with Crippen LogP contribution in [0.3, 0.4) is 0 Å². The predicted molar refractivity (Wildman–Crippen MR) is 121 cm³/mol. The maximum atomic E-state index is 12.5. The number of hydrogen-bond donors (Lipinski definition) is 1. The Morgan fingerprint density at radius 1 is 1.16 bits per heavy atom. The molecule has 0 saturated carbocycles. The molecule has 0 radical (unpaired) electrons. The van der Waals surface area contributed by atoms with Gasteiger partial charge >= 0.3 is 0 Å². The number of ether oxygens (including phenoxy) is 1. The second kappa shape index (κ2) is 9.16. The average molecular weight is 435 g/mol. The monoisotopic (exact) mass is 434 g/mol. The van der Waals surface area contributed by atoms with E-state index in [4.69, 9.17) is 4.74 Å². The minimum Gasteiger partial charge on any atom is -0.484 e. The van der Waals surface area contributed by atoms with Crippen molar-refractivity contribution in [3.05, 3.63) is 77.6 Å². The Bertz CT molecular complexity index is 1030. The van der Waals surface area contributed by atoms with Crippen LogP contribution in [-0.4, -0.2) is 39.2 Å². The summed E-state index contributed by atoms with van der Waals surface area (Å²) in [6, 6.07) is 18.5. The van der Waals surface area contributed by atoms with E-state index in [0.29, 0.717) is 19.5 Å². The van der Waals surface area contributed by atoms with Gasteiger partial charge in [0.2, 0.25) is 5.91 Å². The van der Waals surface area contributed by atoms with Crippen molar-refractivity contribution >= 4 is 17.7 Å². The second-order valence-corrected chi connectivity index (χ2v) is 9.01. The molecule has 1 atom stereocenters. The van der Waals surface area contributed by atoms with Crippen LogP contribution in [0.1, 0.15) is 29.3 Å². The zero-order valence-corrected chi connectivity index (χ0v) is 18.2. The van der Waals surface area contributed by atoms with Crippen LogP contribution in [0.15, 0.2) is 66.0 Å². The Morgan fingerprint density at radius 3 is 2.87 bits per heavy atom. The number of hydrogen-bond acceptors (Lipinski definition) is 5. The van der Waals surface area contributed by atoms with Crippen molar-refractivity contribution < 1.29 is 9.53 Å². The molecule has 3 aromatic rings. The summed E-state index contributed by atoms with van der Waals surface area (Å²) < 4.78 is 8.52. The summed E-state index contributed by atoms with van der Waals surface area (Å²) in [6.07, 6.45) is 2.44. The second-order valence-electron chi connectivity index (χ2n) is 7.94. The number of amides is 1. The minimum atomic E-state index is -0.0571. The van der Waals surface area contributed by atoms with Crippen LogP contribution in [-0.2, 0) is 24.4 Å². The summed E-state index contributed by atoms with van der Waals surface area (Å²) >= 11 is 1.77. The molecule has 2 aliphatic rings. The Labute approximate surface area is 186 Å². The van der Waals surface area contributed by atoms with E-state index in [0.717, 1.165) is 53.1 Å². The third-order valence-electron chi connectivity index (χ3n) is 5.71. The maximum Gasteiger partial charge on any atom is 0.221 e. The SMILES string of the molecule is O=C(CCN1Cc2ccccc2O[C@@H](c2ccccc2)C1)NCc1cn2c(n1)SCC2. The molecule has 7 heteroatoms. The van der Waals surface area contributed by atoms with Gasteiger partial charge in [-0.1, -0.05) is 60.3 Å². The molecule has 1 amide bonds. The lowest BCUT2D eigenvalue weighted by molar-refractivity contribution is -0.121. The molecule has 0 spiro atoms. The smallest absolute Gasteiger partial charge is 0.221 e. The molecule has 0 fully saturated rings. The minimum absolute atomic E-state index is 0.0514. The van der Waals surface area contributed by atoms with E-state index >= 15 is 0 Å². The van der Waals surface area contributed by atoms with E-state index in [1.807, 2.05) is 42.6 Å². The van der Waals surface area contributed by atoms with Crippen molar-refractivity contribution in [3.63, 3.8) is 0 Å². The molecule has 2 aliphatic heterocycles. The number of aromatic nitrogens is 2. The van der Waals surface area contributed by atoms with Crippen LogP contribution in [0.5, 0.6) is 5.75 Å². The molecule has 0 bridgehead atoms. The van der Waals surface area contributed by atoms with Crippen molar-refractivity contribution in [2.24, 2.45) is 0 Å². The van der Waals surface area contributed by atoms with Crippen LogP contribution < -0.4 is 10.1 Å². The number of aryl methyl sites for hydroxylation is 1. The van der Waals surface area contributed by atoms with Gasteiger partial charge in [0.05, 0.1) is 12.2 Å². The van der Waals surface area contributed by atoms with Crippen molar-refractivity contribution in [1.82, 2.24) is 19.8 Å². The summed E-state index contributed by atoms with van der Waals surface area (Å²) in [6.45, 7) is 3.69. The van der Waals surface area contributed by atoms with Gasteiger partial charge < -0.3 is 14.6 Å². The zero-order valence-electron chi connectivity index (χ0n) is 17.4. The average Bonchev–Trinajstić information content (AvgIpc) is 3.33. The van der Waals surface area contributed by atoms with E-state index in [1.54, 1.807) is 11.8 Å². The Balaban J connectivity index is 1.20. The van der Waals surface area contributed by atoms with Crippen molar-refractivity contribution in [2.45, 2.75) is 37.3 Å². The fraction of sp³-hybridized carbons (Fsp3) is 0.333. The van der Waals surface area contributed by atoms with Gasteiger partial charge in [0.15, 0.2) is 5.16 Å². The fourth-order valence-electron chi connectivity index (χ4n) is 4.08. The Kier molecular flexibility index (Phi) is 5.95. The van der Waals surface area contributed by atoms with Gasteiger partial charge in [0, 0.05) is 50.1 Å². The molecule has 160 valence electrons. The summed E-state index contributed by atoms with van der Waals surface area (Å²) in [5.74, 6) is 2.06. The van der Waals surface area contributed by atoms with Gasteiger partial charge in [-0.3, -0.25) is 9.69 Å². The topological polar surface area (TPSA) is 59.4 Å². The summed E-state index contributed by atoms with van der Waals surface area (Å²) in [5, 5.41) is 4.08. The van der Waals surface area contributed by atoms with Gasteiger partial charge in [-0.15, -0.1) is 0 Å². The van der Waals surface area contributed by atoms with E-state index < -0.39 is 0 Å². The maximum absolute atomic E-state index is 12.5. The molecule has 0 aliphatic carbocycles. The molecule has 3 heterocycles. The normalized spacial score (nSPS) is 18.0. The van der Waals surface area contributed by atoms with Crippen LogP contribution in [0, 0.1) is 0 Å². The predicted octanol–water partition coefficient (Wildman–Crippen LogP) is 3.63. The lowest BCUT2D eigenvalue weighted by Gasteiger charge is -2.24. The molecule has 0 unspecified atom stereocenters. The highest BCUT2D eigenvalue weighted by molar-refractivity contribution is 7.99. The first-order valence-corrected chi connectivity index (χ1v) is 11.7. The summed E-state index contributed by atoms with van der Waals surface area (Å²) in [5.41, 5.74) is 3.24. The number of nitrogens with one attached hydrogen (secondary N) is 1. The van der Waals surface area contributed by atoms with Crippen LogP contribution >= 0.6 is 11.8 Å². The molecule has 31 heavy (non-hydrogen) atoms. The Hall–Kier alpha value is -2.77. The third-order valence-corrected chi connectivity index (χ3v) is 6.68. The van der Waals surface area contributed by atoms with Crippen LogP contribution in [0.25, 0.3) is 0 Å². The number of benzene rings is 2. The van der Waals surface area contributed by atoms with Gasteiger partial charge in [-0.05, 0) is 11.6 Å². The van der Waals surface area contributed by atoms with E-state index in [1.165, 1.54) is 0 Å². The van der Waals surface area contributed by atoms with Gasteiger partial charge in [0.25, 0.3) is 0 Å². The van der Waals surface area contributed by atoms with Crippen molar-refractivity contribution in [2.75, 3.05) is 18.8 Å². The standard InChI is InChI=1S/C24H26N4O2S/c29-23(25-14-20-16-28-12-13-31-24(28)26-20)10-11-27-15-19-8-4-5-9-21(19)30-22(17-27)18-6-2-1-3-7-18/h1-9,16,22H,10-15,17H2,(H,25,29)/t22-/m1/s1. The fourth-order valence-corrected chi connectivity index (χ4v) is 5.04. The van der Waals surface area contributed by atoms with E-state index in [2.05, 4.69) is 38.0 Å². The molecular weight excluding hydrogens is 408 g/mol. The number of carbonyl (C=O) groups excluding carboxylic acids is 1. The number of thioether (sulfide) groups is 1. The summed E-state index contributed by atoms with van der Waals surface area (Å²) in [4.78, 5) is 19.4. The molecule has 1 aromatic heterocycles. The first-order chi connectivity index (χ1) is 15.2. The molecule has 0 saturated heterocycles. The van der Waals surface area contributed by atoms with Gasteiger partial charge in [-0.2, -0.15) is 0 Å². The molecule has 6 nitrogen and oxygen atoms in total. The first-order valence-electron chi connectivity index (χ1n) is 10.7. The molecule has 1 N–H and O–H groups in total. The lowest BCUT2D eigenvalue weighted by Crippen LogP contribution is -2.33. The lowest BCUT2D eigenvalue weighted by atomic mass is 10.1. The number of imidazole rings is 1. The van der Waals surface area contributed by atoms with E-state index in [-0.39, 0.29) is 12.0 Å². The largest absolute Gasteiger partial charge is 0.484 e. The van der Waals surface area contributed by atoms with Gasteiger partial charge in [0.1, 0.15) is 11.9 Å². The van der Waals surface area contributed by atoms with Crippen LogP contribution in [0.2, 0.25) is 0 Å². The number of para-hydroxylation sites is 1. The number of fused-ring (bicyclic) bond motifs is 2. The quantitative estimate of drug-likeness (QED) is 0.642. The zero-order chi connectivity index (χ0) is 21.0. The highest BCUT2D eigenvalue weighted by atomic mass is 32.2. The van der Waals surface area contributed by atoms with Gasteiger partial charge in [-0.25, -0.2) is 4.98 Å². The highest BCUT2D eigenvalue weighted by Crippen LogP contribution is 2.31. The van der Waals surface area contributed by atoms with Crippen LogP contribution in [0.4, 0.5) is 0 Å². The number of rotatable bonds is 6. The Morgan fingerprint density at radius 2 is 2.00 bits per heavy atom. The van der Waals surface area contributed by atoms with Crippen molar-refractivity contribution in [1.29, 1.82) is 0 Å². The molecule has 2 aromatic carbocycles. The molecule has 5 rings (SSSR count). The number of nitrogens with zero attached hydrogens (tertiary/aromatic N) is 3. The summed E-state index contributed by atoms with van der Waals surface area (Å²) in [7, 11) is 0. The molecular formula is C24H26N4O2S. The number of carbonyl (C=O) groups is 1. The highest BCUT2D eigenvalue weighted by Gasteiger charge is 2.24. The van der Waals surface area contributed by atoms with E-state index in [9.17, 15) is 4.79 Å².